The van der Waals surface area contributed by atoms with Gasteiger partial charge in [0.05, 0.1) is 52.5 Å². The largest absolute Gasteiger partial charge is 0.461 e. The molecule has 22 rings (SSSR count). The maximum Gasteiger partial charge on any atom is 0.376 e. The molecule has 12 fully saturated rings. The fraction of sp³-hybridized carbons (Fsp3) is 0.472. The summed E-state index contributed by atoms with van der Waals surface area (Å²) in [6.07, 6.45) is 15.0. The predicted octanol–water partition coefficient (Wildman–Crippen LogP) is 31.0. The van der Waals surface area contributed by atoms with Gasteiger partial charge < -0.3 is 14.2 Å². The van der Waals surface area contributed by atoms with Crippen molar-refractivity contribution in [3.05, 3.63) is 306 Å². The Hall–Kier alpha value is -9.42. The van der Waals surface area contributed by atoms with Crippen molar-refractivity contribution in [2.24, 2.45) is 63.6 Å². The molecular weight excluding hydrogens is 1820 g/mol. The first kappa shape index (κ1) is 106. The fourth-order valence-corrected chi connectivity index (χ4v) is 30.2. The number of rotatable bonds is 19. The van der Waals surface area contributed by atoms with Gasteiger partial charge >= 0.3 is 35.7 Å². The second kappa shape index (κ2) is 42.5. The molecule has 10 aromatic rings. The topological polar surface area (TPSA) is 113 Å². The van der Waals surface area contributed by atoms with E-state index in [1.165, 1.54) is 102 Å². The molecule has 744 valence electrons. The Bertz CT molecular complexity index is 5430. The van der Waals surface area contributed by atoms with Crippen LogP contribution in [0.2, 0.25) is 0 Å². The van der Waals surface area contributed by atoms with Crippen LogP contribution in [0, 0.1) is 70.5 Å². The summed E-state index contributed by atoms with van der Waals surface area (Å²) in [4.78, 5) is 70.2. The summed E-state index contributed by atoms with van der Waals surface area (Å²) in [5.74, 6) is -11.3. The first-order chi connectivity index (χ1) is 65.7. The SMILES string of the molecule is CC(C)(C)c1ccc([S+](c2ccc(C(C)(C)C)cc2)c2ccc(C(C)(C)C)cc2)cc1.CC(C)(C)c1ccc([S+](c2ccccc2)c2ccc(C(C)(C)C)cc2)cc1.CC(F)(F)C(=O)OCC12CC3CC(C1)C(=O)C(C3)C2.CC(F)(F)C(=O)OCC12CC3CC(C1)C(=O)C(C3)C2.Cc1ccc(C23CC4CC(CC(COC(=O)C(C)(F)F)(C4)C2)C3)cc1.c1ccc([S+](c2ccccc2)c2ccccc2)cc1. The minimum Gasteiger partial charge on any atom is -0.461 e. The molecule has 6 unspecified atom stereocenters. The van der Waals surface area contributed by atoms with Crippen molar-refractivity contribution >= 4 is 62.2 Å². The third kappa shape index (κ3) is 26.2. The Morgan fingerprint density at radius 2 is 0.486 bits per heavy atom. The smallest absolute Gasteiger partial charge is 0.376 e. The quantitative estimate of drug-likeness (QED) is 0.0340. The van der Waals surface area contributed by atoms with Crippen LogP contribution in [0.5, 0.6) is 0 Å². The van der Waals surface area contributed by atoms with Crippen molar-refractivity contribution in [3.8, 4) is 0 Å². The second-order valence-corrected chi connectivity index (χ2v) is 53.6. The van der Waals surface area contributed by atoms with Gasteiger partial charge in [-0.15, -0.1) is 0 Å². The lowest BCUT2D eigenvalue weighted by molar-refractivity contribution is -0.180. The summed E-state index contributed by atoms with van der Waals surface area (Å²) in [5.41, 5.74) is 9.98. The number of aryl methyl sites for hydroxylation is 1. The van der Waals surface area contributed by atoms with E-state index in [9.17, 15) is 50.3 Å². The molecule has 0 saturated heterocycles. The van der Waals surface area contributed by atoms with Gasteiger partial charge in [0.25, 0.3) is 0 Å². The average molecular weight is 1960 g/mol. The van der Waals surface area contributed by atoms with Crippen molar-refractivity contribution in [3.63, 3.8) is 0 Å². The molecule has 12 aliphatic rings. The fourth-order valence-electron chi connectivity index (χ4n) is 24.0. The van der Waals surface area contributed by atoms with Crippen LogP contribution in [0.4, 0.5) is 26.3 Å². The van der Waals surface area contributed by atoms with E-state index in [1.807, 2.05) is 0 Å². The molecule has 0 amide bonds. The van der Waals surface area contributed by atoms with E-state index in [4.69, 9.17) is 14.2 Å². The van der Waals surface area contributed by atoms with Gasteiger partial charge in [-0.25, -0.2) is 14.4 Å². The minimum atomic E-state index is -3.43. The number of benzene rings is 10. The third-order valence-electron chi connectivity index (χ3n) is 30.4. The van der Waals surface area contributed by atoms with Crippen LogP contribution in [0.1, 0.15) is 266 Å². The number of esters is 3. The van der Waals surface area contributed by atoms with E-state index >= 15 is 0 Å². The van der Waals surface area contributed by atoms with Crippen LogP contribution in [-0.4, -0.2) is 67.1 Å². The van der Waals surface area contributed by atoms with Gasteiger partial charge in [0.2, 0.25) is 0 Å². The molecule has 0 aliphatic heterocycles. The molecule has 0 radical (unpaired) electrons. The number of halogens is 6. The van der Waals surface area contributed by atoms with Crippen molar-refractivity contribution in [2.45, 2.75) is 329 Å². The van der Waals surface area contributed by atoms with Gasteiger partial charge in [-0.1, -0.05) is 267 Å². The van der Waals surface area contributed by atoms with E-state index in [0.717, 1.165) is 57.8 Å². The number of carbonyl (C=O) groups excluding carboxylic acids is 5. The lowest BCUT2D eigenvalue weighted by Crippen LogP contribution is -2.55. The molecule has 10 aromatic carbocycles. The molecular formula is C123H147F6O8S3+3. The Morgan fingerprint density at radius 1 is 0.271 bits per heavy atom. The number of ketones is 2. The number of carbonyl (C=O) groups is 5. The highest BCUT2D eigenvalue weighted by Crippen LogP contribution is 2.67. The number of hydrogen-bond acceptors (Lipinski definition) is 8. The zero-order chi connectivity index (χ0) is 101. The van der Waals surface area contributed by atoms with Crippen molar-refractivity contribution in [1.82, 2.24) is 0 Å². The Kier molecular flexibility index (Phi) is 32.3. The van der Waals surface area contributed by atoms with Gasteiger partial charge in [0.1, 0.15) is 11.6 Å². The van der Waals surface area contributed by atoms with Gasteiger partial charge in [0.15, 0.2) is 44.1 Å². The second-order valence-electron chi connectivity index (χ2n) is 47.5. The normalized spacial score (nSPS) is 24.2. The number of alkyl halides is 6. The molecule has 0 heterocycles. The third-order valence-corrected chi connectivity index (χ3v) is 37.1. The average Bonchev–Trinajstić information content (AvgIpc) is 0.740. The van der Waals surface area contributed by atoms with Gasteiger partial charge in [-0.2, -0.15) is 26.3 Å². The van der Waals surface area contributed by atoms with Crippen LogP contribution in [0.3, 0.4) is 0 Å². The first-order valence-electron chi connectivity index (χ1n) is 50.4. The van der Waals surface area contributed by atoms with E-state index in [2.05, 4.69) is 378 Å². The van der Waals surface area contributed by atoms with Gasteiger partial charge in [0, 0.05) is 60.7 Å². The standard InChI is InChI=1S/C30H39S.C26H31S.C21H26F2O2.C18H15S.2C14H18F2O3/c1-28(2,3)22-10-16-25(17-11-22)31(26-18-12-23(13-19-26)29(4,5)6)27-20-14-24(15-21-27)30(7,8)9;1-25(2,3)20-12-16-23(17-13-20)27(22-10-8-7-9-11-22)24-18-14-21(15-19-24)26(4,5)6;1-14-3-5-17(6-4-14)21-10-15-7-16(11-21)9-20(8-15,12-21)13-25-18(24)19(2,22)23;1-4-10-16(11-5-1)19(17-12-6-2-7-13-17)18-14-8-3-9-15-18;2*1-13(15,16)12(18)19-7-14-4-8-2-9(5-14)11(17)10(3-8)6-14/h10-21H,1-9H3;7-19H,1-6H3;3-6,15-16H,7-13H2,1-2H3;1-15H;2*8-10H,2-7H2,1H3/q2*+1;;+1;;. The number of ether oxygens (including phenoxy) is 3. The van der Waals surface area contributed by atoms with Gasteiger partial charge in [-0.05, 0) is 308 Å². The molecule has 17 heteroatoms. The highest BCUT2D eigenvalue weighted by atomic mass is 32.2. The molecule has 0 N–H and O–H groups in total. The van der Waals surface area contributed by atoms with E-state index < -0.39 is 35.7 Å². The van der Waals surface area contributed by atoms with E-state index in [-0.39, 0.29) is 125 Å². The number of hydrogen-bond donors (Lipinski definition) is 0. The maximum atomic E-state index is 13.2. The predicted molar refractivity (Wildman–Crippen MR) is 555 cm³/mol. The molecule has 140 heavy (non-hydrogen) atoms. The monoisotopic (exact) mass is 1960 g/mol. The van der Waals surface area contributed by atoms with Crippen LogP contribution >= 0.6 is 0 Å². The molecule has 8 nitrogen and oxygen atoms in total. The van der Waals surface area contributed by atoms with Crippen LogP contribution in [0.25, 0.3) is 0 Å². The summed E-state index contributed by atoms with van der Waals surface area (Å²) in [6.45, 7) is 38.2. The molecule has 12 saturated carbocycles. The van der Waals surface area contributed by atoms with E-state index in [1.54, 1.807) is 0 Å². The minimum absolute atomic E-state index is 0.0146. The molecule has 6 atom stereocenters. The molecule has 12 bridgehead atoms. The van der Waals surface area contributed by atoms with Crippen molar-refractivity contribution in [2.75, 3.05) is 19.8 Å². The first-order valence-corrected chi connectivity index (χ1v) is 54.1. The Labute approximate surface area is 838 Å². The van der Waals surface area contributed by atoms with Crippen molar-refractivity contribution < 1.29 is 64.5 Å². The molecule has 12 aliphatic carbocycles. The van der Waals surface area contributed by atoms with E-state index in [0.29, 0.717) is 81.7 Å². The summed E-state index contributed by atoms with van der Waals surface area (Å²) in [6, 6.07) is 98.1. The Balaban J connectivity index is 0.000000135. The summed E-state index contributed by atoms with van der Waals surface area (Å²) < 4.78 is 92.3. The summed E-state index contributed by atoms with van der Waals surface area (Å²) >= 11 is 0. The molecule has 0 aromatic heterocycles. The highest BCUT2D eigenvalue weighted by Gasteiger charge is 2.61. The number of Topliss-reactive ketones (excluding diaryl/α,β-unsaturated/α-hetero) is 2. The molecule has 0 spiro atoms. The summed E-state index contributed by atoms with van der Waals surface area (Å²) in [5, 5.41) is 0. The zero-order valence-corrected chi connectivity index (χ0v) is 88.2. The van der Waals surface area contributed by atoms with Crippen LogP contribution in [0.15, 0.2) is 311 Å². The zero-order valence-electron chi connectivity index (χ0n) is 85.7. The lowest BCUT2D eigenvalue weighted by Gasteiger charge is -2.62. The summed E-state index contributed by atoms with van der Waals surface area (Å²) in [7, 11) is -0.219. The Morgan fingerprint density at radius 3 is 0.707 bits per heavy atom. The van der Waals surface area contributed by atoms with Crippen LogP contribution < -0.4 is 0 Å². The lowest BCUT2D eigenvalue weighted by atomic mass is 9.43. The highest BCUT2D eigenvalue weighted by molar-refractivity contribution is 7.97. The van der Waals surface area contributed by atoms with Gasteiger partial charge in [-0.3, -0.25) is 9.59 Å². The maximum absolute atomic E-state index is 13.2. The van der Waals surface area contributed by atoms with Crippen LogP contribution in [-0.2, 0) is 103 Å². The van der Waals surface area contributed by atoms with Crippen molar-refractivity contribution in [1.29, 1.82) is 0 Å².